The molecule has 1 fully saturated rings. The van der Waals surface area contributed by atoms with E-state index < -0.39 is 12.1 Å². The Bertz CT molecular complexity index is 347. The Morgan fingerprint density at radius 3 is 2.79 bits per heavy atom. The number of alkyl carbamates (subject to hydrolysis) is 1. The molecule has 0 bridgehead atoms. The summed E-state index contributed by atoms with van der Waals surface area (Å²) in [4.78, 5) is 34.6. The number of ether oxygens (including phenoxy) is 1. The number of likely N-dealkylation sites (tertiary alicyclic amines) is 1. The van der Waals surface area contributed by atoms with Gasteiger partial charge in [-0.1, -0.05) is 0 Å². The fraction of sp³-hybridized carbons (Fsp3) is 0.727. The first kappa shape index (κ1) is 15.1. The van der Waals surface area contributed by atoms with E-state index in [1.54, 1.807) is 4.90 Å². The van der Waals surface area contributed by atoms with Crippen LogP contribution in [0.4, 0.5) is 9.59 Å². The molecule has 108 valence electrons. The number of carbonyl (C=O) groups excluding carboxylic acids is 2. The Morgan fingerprint density at radius 1 is 1.42 bits per heavy atom. The summed E-state index contributed by atoms with van der Waals surface area (Å²) in [6, 6.07) is -0.336. The number of nitrogens with one attached hydrogen (secondary N) is 2. The summed E-state index contributed by atoms with van der Waals surface area (Å²) < 4.78 is 4.48. The minimum atomic E-state index is -0.877. The zero-order chi connectivity index (χ0) is 14.3. The van der Waals surface area contributed by atoms with Gasteiger partial charge in [-0.05, 0) is 12.8 Å². The zero-order valence-corrected chi connectivity index (χ0v) is 10.8. The molecule has 0 aromatic heterocycles. The summed E-state index contributed by atoms with van der Waals surface area (Å²) >= 11 is 0. The van der Waals surface area contributed by atoms with E-state index in [9.17, 15) is 14.4 Å². The Morgan fingerprint density at radius 2 is 2.16 bits per heavy atom. The summed E-state index contributed by atoms with van der Waals surface area (Å²) in [6.07, 6.45) is 0.608. The first-order chi connectivity index (χ1) is 9.02. The lowest BCUT2D eigenvalue weighted by atomic mass is 10.3. The van der Waals surface area contributed by atoms with Crippen LogP contribution in [-0.4, -0.2) is 60.9 Å². The van der Waals surface area contributed by atoms with Gasteiger partial charge in [0.1, 0.15) is 0 Å². The highest BCUT2D eigenvalue weighted by Gasteiger charge is 2.27. The van der Waals surface area contributed by atoms with Crippen LogP contribution in [0.3, 0.4) is 0 Å². The van der Waals surface area contributed by atoms with Crippen LogP contribution in [0.1, 0.15) is 19.3 Å². The molecule has 8 heteroatoms. The Balaban J connectivity index is 2.20. The number of urea groups is 1. The summed E-state index contributed by atoms with van der Waals surface area (Å²) in [6.45, 7) is 1.32. The molecule has 1 aliphatic heterocycles. The zero-order valence-electron chi connectivity index (χ0n) is 10.8. The predicted molar refractivity (Wildman–Crippen MR) is 65.8 cm³/mol. The third-order valence-electron chi connectivity index (χ3n) is 2.83. The molecule has 0 aromatic carbocycles. The topological polar surface area (TPSA) is 108 Å². The van der Waals surface area contributed by atoms with Gasteiger partial charge in [0.05, 0.1) is 13.2 Å². The number of carboxylic acids is 1. The van der Waals surface area contributed by atoms with E-state index in [1.807, 2.05) is 0 Å². The molecule has 19 heavy (non-hydrogen) atoms. The Hall–Kier alpha value is -1.99. The van der Waals surface area contributed by atoms with Crippen molar-refractivity contribution in [3.8, 4) is 0 Å². The van der Waals surface area contributed by atoms with Crippen molar-refractivity contribution in [3.63, 3.8) is 0 Å². The maximum absolute atomic E-state index is 11.7. The highest BCUT2D eigenvalue weighted by atomic mass is 16.5. The fourth-order valence-electron chi connectivity index (χ4n) is 1.83. The average Bonchev–Trinajstić information content (AvgIpc) is 2.82. The molecular weight excluding hydrogens is 254 g/mol. The molecule has 1 unspecified atom stereocenters. The predicted octanol–water partition coefficient (Wildman–Crippen LogP) is -0.00890. The van der Waals surface area contributed by atoms with Crippen molar-refractivity contribution in [2.24, 2.45) is 0 Å². The second-order valence-electron chi connectivity index (χ2n) is 4.30. The van der Waals surface area contributed by atoms with Crippen LogP contribution < -0.4 is 10.6 Å². The van der Waals surface area contributed by atoms with Crippen molar-refractivity contribution >= 4 is 18.1 Å². The molecule has 0 aromatic rings. The van der Waals surface area contributed by atoms with Gasteiger partial charge in [-0.15, -0.1) is 0 Å². The minimum Gasteiger partial charge on any atom is -0.481 e. The molecule has 0 saturated carbocycles. The SMILES string of the molecule is COC(=O)NC1CCN(C(=O)NCCCC(=O)O)C1. The molecule has 1 aliphatic rings. The van der Waals surface area contributed by atoms with Gasteiger partial charge >= 0.3 is 18.1 Å². The Kier molecular flexibility index (Phi) is 5.91. The van der Waals surface area contributed by atoms with Gasteiger partial charge in [-0.2, -0.15) is 0 Å². The molecule has 1 rings (SSSR count). The lowest BCUT2D eigenvalue weighted by Crippen LogP contribution is -2.42. The molecule has 3 N–H and O–H groups in total. The summed E-state index contributed by atoms with van der Waals surface area (Å²) in [5, 5.41) is 13.7. The molecule has 1 saturated heterocycles. The first-order valence-electron chi connectivity index (χ1n) is 6.12. The van der Waals surface area contributed by atoms with Crippen molar-refractivity contribution in [1.29, 1.82) is 0 Å². The van der Waals surface area contributed by atoms with Crippen molar-refractivity contribution < 1.29 is 24.2 Å². The average molecular weight is 273 g/mol. The van der Waals surface area contributed by atoms with Crippen LogP contribution in [0, 0.1) is 0 Å². The van der Waals surface area contributed by atoms with E-state index >= 15 is 0 Å². The van der Waals surface area contributed by atoms with Gasteiger partial charge in [0, 0.05) is 26.1 Å². The molecule has 0 radical (unpaired) electrons. The van der Waals surface area contributed by atoms with Crippen LogP contribution in [-0.2, 0) is 9.53 Å². The monoisotopic (exact) mass is 273 g/mol. The van der Waals surface area contributed by atoms with Crippen LogP contribution >= 0.6 is 0 Å². The molecular formula is C11H19N3O5. The van der Waals surface area contributed by atoms with E-state index in [4.69, 9.17) is 5.11 Å². The van der Waals surface area contributed by atoms with Crippen LogP contribution in [0.2, 0.25) is 0 Å². The number of hydrogen-bond acceptors (Lipinski definition) is 4. The fourth-order valence-corrected chi connectivity index (χ4v) is 1.83. The van der Waals surface area contributed by atoms with E-state index in [0.717, 1.165) is 0 Å². The molecule has 3 amide bonds. The summed E-state index contributed by atoms with van der Waals surface area (Å²) in [5.41, 5.74) is 0. The molecule has 0 spiro atoms. The van der Waals surface area contributed by atoms with Gasteiger partial charge in [0.15, 0.2) is 0 Å². The number of amides is 3. The highest BCUT2D eigenvalue weighted by Crippen LogP contribution is 2.09. The van der Waals surface area contributed by atoms with Crippen LogP contribution in [0.5, 0.6) is 0 Å². The van der Waals surface area contributed by atoms with Crippen molar-refractivity contribution in [2.75, 3.05) is 26.7 Å². The molecule has 0 aliphatic carbocycles. The van der Waals surface area contributed by atoms with E-state index in [1.165, 1.54) is 7.11 Å². The summed E-state index contributed by atoms with van der Waals surface area (Å²) in [5.74, 6) is -0.877. The van der Waals surface area contributed by atoms with E-state index in [2.05, 4.69) is 15.4 Å². The largest absolute Gasteiger partial charge is 0.481 e. The van der Waals surface area contributed by atoms with Gasteiger partial charge in [0.25, 0.3) is 0 Å². The van der Waals surface area contributed by atoms with E-state index in [-0.39, 0.29) is 18.5 Å². The third kappa shape index (κ3) is 5.45. The number of hydrogen-bond donors (Lipinski definition) is 3. The number of carbonyl (C=O) groups is 3. The molecule has 1 atom stereocenters. The second kappa shape index (κ2) is 7.45. The second-order valence-corrected chi connectivity index (χ2v) is 4.30. The van der Waals surface area contributed by atoms with E-state index in [0.29, 0.717) is 32.5 Å². The number of methoxy groups -OCH3 is 1. The van der Waals surface area contributed by atoms with Crippen molar-refractivity contribution in [1.82, 2.24) is 15.5 Å². The minimum absolute atomic E-state index is 0.0345. The van der Waals surface area contributed by atoms with Crippen LogP contribution in [0.15, 0.2) is 0 Å². The highest BCUT2D eigenvalue weighted by molar-refractivity contribution is 5.75. The van der Waals surface area contributed by atoms with Crippen LogP contribution in [0.25, 0.3) is 0 Å². The maximum Gasteiger partial charge on any atom is 0.407 e. The number of aliphatic carboxylic acids is 1. The molecule has 8 nitrogen and oxygen atoms in total. The maximum atomic E-state index is 11.7. The quantitative estimate of drug-likeness (QED) is 0.611. The number of rotatable bonds is 5. The van der Waals surface area contributed by atoms with Gasteiger partial charge in [-0.3, -0.25) is 4.79 Å². The lowest BCUT2D eigenvalue weighted by molar-refractivity contribution is -0.137. The summed E-state index contributed by atoms with van der Waals surface area (Å²) in [7, 11) is 1.29. The molecule has 1 heterocycles. The normalized spacial score (nSPS) is 17.9. The van der Waals surface area contributed by atoms with Gasteiger partial charge in [-0.25, -0.2) is 9.59 Å². The number of nitrogens with zero attached hydrogens (tertiary/aromatic N) is 1. The Labute approximate surface area is 111 Å². The lowest BCUT2D eigenvalue weighted by Gasteiger charge is -2.17. The van der Waals surface area contributed by atoms with Crippen molar-refractivity contribution in [2.45, 2.75) is 25.3 Å². The number of carboxylic acid groups (broad SMARTS) is 1. The standard InChI is InChI=1S/C11H19N3O5/c1-19-11(18)13-8-4-6-14(7-8)10(17)12-5-2-3-9(15)16/h8H,2-7H2,1H3,(H,12,17)(H,13,18)(H,15,16). The first-order valence-corrected chi connectivity index (χ1v) is 6.12. The smallest absolute Gasteiger partial charge is 0.407 e. The van der Waals surface area contributed by atoms with Gasteiger partial charge in [0.2, 0.25) is 0 Å². The van der Waals surface area contributed by atoms with Gasteiger partial charge < -0.3 is 25.4 Å². The van der Waals surface area contributed by atoms with Crippen molar-refractivity contribution in [3.05, 3.63) is 0 Å². The third-order valence-corrected chi connectivity index (χ3v) is 2.83.